The summed E-state index contributed by atoms with van der Waals surface area (Å²) >= 11 is 3.58. The lowest BCUT2D eigenvalue weighted by atomic mass is 10.2. The van der Waals surface area contributed by atoms with Gasteiger partial charge in [-0.2, -0.15) is 5.10 Å². The summed E-state index contributed by atoms with van der Waals surface area (Å²) in [5.41, 5.74) is 2.75. The van der Waals surface area contributed by atoms with Crippen LogP contribution in [0.2, 0.25) is 0 Å². The molecule has 0 unspecified atom stereocenters. The fourth-order valence-electron chi connectivity index (χ4n) is 3.06. The van der Waals surface area contributed by atoms with E-state index in [0.717, 1.165) is 28.9 Å². The highest BCUT2D eigenvalue weighted by molar-refractivity contribution is 9.10. The Kier molecular flexibility index (Phi) is 4.60. The number of rotatable bonds is 3. The van der Waals surface area contributed by atoms with Crippen molar-refractivity contribution in [2.45, 2.75) is 0 Å². The summed E-state index contributed by atoms with van der Waals surface area (Å²) in [5, 5.41) is 5.13. The number of carbonyl (C=O) groups is 1. The summed E-state index contributed by atoms with van der Waals surface area (Å²) in [6, 6.07) is 9.65. The molecule has 0 amide bonds. The summed E-state index contributed by atoms with van der Waals surface area (Å²) in [6.45, 7) is 3.09. The molecule has 0 atom stereocenters. The van der Waals surface area contributed by atoms with E-state index in [2.05, 4.69) is 37.0 Å². The van der Waals surface area contributed by atoms with E-state index in [4.69, 9.17) is 9.47 Å². The molecule has 3 heterocycles. The second-order valence-corrected chi connectivity index (χ2v) is 6.81. The molecule has 0 bridgehead atoms. The first-order valence-corrected chi connectivity index (χ1v) is 9.02. The molecule has 0 N–H and O–H groups in total. The van der Waals surface area contributed by atoms with Gasteiger partial charge in [0.25, 0.3) is 0 Å². The summed E-state index contributed by atoms with van der Waals surface area (Å²) in [6.07, 6.45) is 1.68. The number of hydrogen-bond donors (Lipinski definition) is 0. The number of anilines is 1. The van der Waals surface area contributed by atoms with Gasteiger partial charge in [-0.05, 0) is 30.3 Å². The molecule has 7 nitrogen and oxygen atoms in total. The number of carbonyl (C=O) groups excluding carboxylic acids is 1. The number of pyridine rings is 1. The zero-order chi connectivity index (χ0) is 18.1. The van der Waals surface area contributed by atoms with Gasteiger partial charge in [-0.1, -0.05) is 15.9 Å². The quantitative estimate of drug-likeness (QED) is 0.611. The van der Waals surface area contributed by atoms with Gasteiger partial charge in [0.15, 0.2) is 11.3 Å². The maximum absolute atomic E-state index is 12.1. The highest BCUT2D eigenvalue weighted by Crippen LogP contribution is 2.28. The number of nitrogens with zero attached hydrogens (tertiary/aromatic N) is 4. The summed E-state index contributed by atoms with van der Waals surface area (Å²) < 4.78 is 12.9. The Hall–Kier alpha value is -2.45. The van der Waals surface area contributed by atoms with Gasteiger partial charge in [-0.3, -0.25) is 0 Å². The Morgan fingerprint density at radius 3 is 2.77 bits per heavy atom. The molecule has 1 aromatic carbocycles. The normalized spacial score (nSPS) is 14.6. The minimum atomic E-state index is -0.481. The lowest BCUT2D eigenvalue weighted by Gasteiger charge is -2.29. The van der Waals surface area contributed by atoms with Crippen molar-refractivity contribution in [3.8, 4) is 5.69 Å². The van der Waals surface area contributed by atoms with Crippen molar-refractivity contribution in [2.75, 3.05) is 38.3 Å². The molecular weight excluding hydrogens is 400 g/mol. The zero-order valence-corrected chi connectivity index (χ0v) is 15.8. The first-order valence-electron chi connectivity index (χ1n) is 8.23. The minimum Gasteiger partial charge on any atom is -0.464 e. The molecule has 0 spiro atoms. The Balaban J connectivity index is 1.85. The Morgan fingerprint density at radius 2 is 2.00 bits per heavy atom. The molecule has 1 saturated heterocycles. The van der Waals surface area contributed by atoms with Gasteiger partial charge >= 0.3 is 5.97 Å². The number of ether oxygens (including phenoxy) is 2. The molecule has 1 fully saturated rings. The number of aromatic nitrogens is 3. The summed E-state index contributed by atoms with van der Waals surface area (Å²) in [5.74, 6) is -0.481. The van der Waals surface area contributed by atoms with Crippen LogP contribution in [0.5, 0.6) is 0 Å². The number of fused-ring (bicyclic) bond motifs is 1. The largest absolute Gasteiger partial charge is 0.464 e. The van der Waals surface area contributed by atoms with Gasteiger partial charge in [-0.25, -0.2) is 14.5 Å². The van der Waals surface area contributed by atoms with E-state index in [1.807, 2.05) is 18.2 Å². The lowest BCUT2D eigenvalue weighted by molar-refractivity contribution is 0.0595. The van der Waals surface area contributed by atoms with Crippen LogP contribution >= 0.6 is 15.9 Å². The summed E-state index contributed by atoms with van der Waals surface area (Å²) in [4.78, 5) is 18.8. The van der Waals surface area contributed by atoms with Crippen molar-refractivity contribution < 1.29 is 14.3 Å². The fraction of sp³-hybridized carbons (Fsp3) is 0.278. The Bertz CT molecular complexity index is 966. The van der Waals surface area contributed by atoms with Crippen LogP contribution in [-0.2, 0) is 9.47 Å². The van der Waals surface area contributed by atoms with E-state index in [1.54, 1.807) is 16.9 Å². The molecule has 134 valence electrons. The monoisotopic (exact) mass is 416 g/mol. The van der Waals surface area contributed by atoms with E-state index in [9.17, 15) is 4.79 Å². The van der Waals surface area contributed by atoms with E-state index in [0.29, 0.717) is 24.2 Å². The highest BCUT2D eigenvalue weighted by Gasteiger charge is 2.20. The average molecular weight is 417 g/mol. The predicted octanol–water partition coefficient (Wildman–Crippen LogP) is 2.81. The predicted molar refractivity (Wildman–Crippen MR) is 101 cm³/mol. The van der Waals surface area contributed by atoms with Gasteiger partial charge in [0.2, 0.25) is 0 Å². The van der Waals surface area contributed by atoms with Gasteiger partial charge in [0, 0.05) is 29.4 Å². The van der Waals surface area contributed by atoms with Crippen LogP contribution in [0.3, 0.4) is 0 Å². The van der Waals surface area contributed by atoms with Crippen LogP contribution in [0.1, 0.15) is 10.5 Å². The van der Waals surface area contributed by atoms with Crippen molar-refractivity contribution in [1.29, 1.82) is 0 Å². The molecule has 2 aromatic heterocycles. The van der Waals surface area contributed by atoms with E-state index in [-0.39, 0.29) is 5.69 Å². The van der Waals surface area contributed by atoms with Crippen molar-refractivity contribution in [3.63, 3.8) is 0 Å². The van der Waals surface area contributed by atoms with Crippen molar-refractivity contribution >= 4 is 38.6 Å². The lowest BCUT2D eigenvalue weighted by Crippen LogP contribution is -2.36. The van der Waals surface area contributed by atoms with E-state index < -0.39 is 5.97 Å². The maximum Gasteiger partial charge on any atom is 0.359 e. The first kappa shape index (κ1) is 17.0. The molecular formula is C18H17BrN4O3. The third-order valence-corrected chi connectivity index (χ3v) is 4.77. The third kappa shape index (κ3) is 3.06. The maximum atomic E-state index is 12.1. The Morgan fingerprint density at radius 1 is 1.23 bits per heavy atom. The topological polar surface area (TPSA) is 69.5 Å². The number of morpholine rings is 1. The molecule has 1 aliphatic rings. The van der Waals surface area contributed by atoms with Crippen LogP contribution in [0.25, 0.3) is 16.7 Å². The van der Waals surface area contributed by atoms with Gasteiger partial charge < -0.3 is 14.4 Å². The van der Waals surface area contributed by atoms with Crippen molar-refractivity contribution in [2.24, 2.45) is 0 Å². The van der Waals surface area contributed by atoms with Crippen LogP contribution < -0.4 is 4.90 Å². The van der Waals surface area contributed by atoms with Crippen LogP contribution in [0.4, 0.5) is 5.69 Å². The second kappa shape index (κ2) is 7.05. The van der Waals surface area contributed by atoms with Crippen LogP contribution in [-0.4, -0.2) is 54.1 Å². The molecule has 0 radical (unpaired) electrons. The summed E-state index contributed by atoms with van der Waals surface area (Å²) in [7, 11) is 1.35. The molecule has 3 aromatic rings. The van der Waals surface area contributed by atoms with Gasteiger partial charge in [0.1, 0.15) is 0 Å². The molecule has 8 heteroatoms. The van der Waals surface area contributed by atoms with Crippen LogP contribution in [0, 0.1) is 0 Å². The van der Waals surface area contributed by atoms with E-state index >= 15 is 0 Å². The molecule has 0 saturated carbocycles. The standard InChI is InChI=1S/C18H17BrN4O3/c1-25-18(24)16-15-3-2-4-20-17(15)23(21-16)14-10-12(19)9-13(11-14)22-5-7-26-8-6-22/h2-4,9-11H,5-8H2,1H3. The SMILES string of the molecule is COC(=O)c1nn(-c2cc(Br)cc(N3CCOCC3)c2)c2ncccc12. The van der Waals surface area contributed by atoms with E-state index in [1.165, 1.54) is 7.11 Å². The highest BCUT2D eigenvalue weighted by atomic mass is 79.9. The molecule has 26 heavy (non-hydrogen) atoms. The third-order valence-electron chi connectivity index (χ3n) is 4.31. The first-order chi connectivity index (χ1) is 12.7. The smallest absolute Gasteiger partial charge is 0.359 e. The second-order valence-electron chi connectivity index (χ2n) is 5.89. The van der Waals surface area contributed by atoms with Gasteiger partial charge in [-0.15, -0.1) is 0 Å². The number of esters is 1. The fourth-order valence-corrected chi connectivity index (χ4v) is 3.53. The molecule has 1 aliphatic heterocycles. The zero-order valence-electron chi connectivity index (χ0n) is 14.2. The Labute approximate surface area is 158 Å². The van der Waals surface area contributed by atoms with Crippen molar-refractivity contribution in [1.82, 2.24) is 14.8 Å². The molecule has 0 aliphatic carbocycles. The molecule has 4 rings (SSSR count). The number of methoxy groups -OCH3 is 1. The average Bonchev–Trinajstić information content (AvgIpc) is 3.07. The number of hydrogen-bond acceptors (Lipinski definition) is 6. The number of halogens is 1. The van der Waals surface area contributed by atoms with Crippen molar-refractivity contribution in [3.05, 3.63) is 46.7 Å². The van der Waals surface area contributed by atoms with Gasteiger partial charge in [0.05, 0.1) is 31.4 Å². The number of benzene rings is 1. The minimum absolute atomic E-state index is 0.253. The van der Waals surface area contributed by atoms with Crippen LogP contribution in [0.15, 0.2) is 41.0 Å².